The van der Waals surface area contributed by atoms with Gasteiger partial charge in [-0.1, -0.05) is 12.1 Å². The first-order valence-corrected chi connectivity index (χ1v) is 13.8. The van der Waals surface area contributed by atoms with Crippen molar-refractivity contribution in [3.8, 4) is 11.3 Å². The van der Waals surface area contributed by atoms with Crippen molar-refractivity contribution in [2.24, 2.45) is 5.92 Å². The maximum Gasteiger partial charge on any atom is 0.253 e. The van der Waals surface area contributed by atoms with E-state index in [1.165, 1.54) is 22.6 Å². The number of aliphatic hydroxyl groups is 1. The summed E-state index contributed by atoms with van der Waals surface area (Å²) in [7, 11) is -1.95. The molecule has 202 valence electrons. The molecule has 2 aromatic rings. The normalized spacial score (nSPS) is 24.1. The monoisotopic (exact) mass is 537 g/mol. The number of anilines is 2. The third-order valence-corrected chi connectivity index (χ3v) is 9.30. The Morgan fingerprint density at radius 2 is 1.86 bits per heavy atom. The molecule has 1 aliphatic carbocycles. The van der Waals surface area contributed by atoms with Gasteiger partial charge in [-0.05, 0) is 54.1 Å². The van der Waals surface area contributed by atoms with Crippen molar-refractivity contribution in [2.45, 2.75) is 38.8 Å². The molecule has 0 spiro atoms. The molecule has 1 aromatic heterocycles. The van der Waals surface area contributed by atoms with E-state index in [0.29, 0.717) is 49.9 Å². The van der Waals surface area contributed by atoms with Crippen LogP contribution in [-0.2, 0) is 11.3 Å². The Balaban J connectivity index is 1.34. The Morgan fingerprint density at radius 3 is 2.49 bits per heavy atom. The van der Waals surface area contributed by atoms with E-state index in [-0.39, 0.29) is 18.9 Å². The van der Waals surface area contributed by atoms with Crippen molar-refractivity contribution in [2.75, 3.05) is 48.4 Å². The van der Waals surface area contributed by atoms with Crippen molar-refractivity contribution in [3.05, 3.63) is 41.5 Å². The van der Waals surface area contributed by atoms with Crippen molar-refractivity contribution >= 4 is 28.4 Å². The molecule has 1 saturated heterocycles. The molecule has 0 radical (unpaired) electrons. The number of piperazine rings is 1. The van der Waals surface area contributed by atoms with E-state index < -0.39 is 28.9 Å². The highest BCUT2D eigenvalue weighted by atomic mass is 32.3. The smallest absolute Gasteiger partial charge is 0.253 e. The van der Waals surface area contributed by atoms with E-state index in [4.69, 9.17) is 4.98 Å². The summed E-state index contributed by atoms with van der Waals surface area (Å²) in [4.78, 5) is 20.7. The number of amides is 1. The molecule has 2 atom stereocenters. The minimum atomic E-state index is -3.46. The minimum Gasteiger partial charge on any atom is -0.384 e. The van der Waals surface area contributed by atoms with Gasteiger partial charge in [-0.3, -0.25) is 18.8 Å². The quantitative estimate of drug-likeness (QED) is 0.514. The molecular formula is C25H33F2N5O4S. The second kappa shape index (κ2) is 9.35. The summed E-state index contributed by atoms with van der Waals surface area (Å²) >= 11 is 0. The maximum absolute atomic E-state index is 13.6. The van der Waals surface area contributed by atoms with Crippen molar-refractivity contribution in [1.82, 2.24) is 14.8 Å². The summed E-state index contributed by atoms with van der Waals surface area (Å²) in [6.45, 7) is 6.56. The van der Waals surface area contributed by atoms with E-state index in [0.717, 1.165) is 16.7 Å². The number of carbonyl (C=O) groups excluding carboxylic acids is 1. The molecule has 12 heteroatoms. The van der Waals surface area contributed by atoms with Crippen LogP contribution >= 0.6 is 11.0 Å². The largest absolute Gasteiger partial charge is 0.384 e. The number of halogens is 2. The molecule has 1 saturated carbocycles. The van der Waals surface area contributed by atoms with E-state index in [2.05, 4.69) is 17.0 Å². The highest BCUT2D eigenvalue weighted by Gasteiger charge is 2.59. The molecule has 3 N–H and O–H groups in total. The number of alkyl halides is 2. The Morgan fingerprint density at radius 1 is 1.19 bits per heavy atom. The number of aryl methyl sites for hydroxylation is 1. The van der Waals surface area contributed by atoms with Gasteiger partial charge in [0, 0.05) is 64.2 Å². The Kier molecular flexibility index (Phi) is 6.60. The number of carbonyl (C=O) groups is 1. The lowest BCUT2D eigenvalue weighted by Gasteiger charge is -2.41. The fourth-order valence-corrected chi connectivity index (χ4v) is 6.42. The van der Waals surface area contributed by atoms with Gasteiger partial charge in [0.1, 0.15) is 11.8 Å². The summed E-state index contributed by atoms with van der Waals surface area (Å²) < 4.78 is 51.2. The number of rotatable bonds is 6. The van der Waals surface area contributed by atoms with Gasteiger partial charge >= 0.3 is 0 Å². The lowest BCUT2D eigenvalue weighted by atomic mass is 10.0. The summed E-state index contributed by atoms with van der Waals surface area (Å²) in [6, 6.07) is 9.65. The first kappa shape index (κ1) is 26.1. The molecule has 9 nitrogen and oxygen atoms in total. The number of pyridine rings is 1. The van der Waals surface area contributed by atoms with Crippen LogP contribution in [0.25, 0.3) is 11.3 Å². The summed E-state index contributed by atoms with van der Waals surface area (Å²) in [5.41, 5.74) is 4.08. The van der Waals surface area contributed by atoms with E-state index in [1.54, 1.807) is 17.0 Å². The predicted molar refractivity (Wildman–Crippen MR) is 140 cm³/mol. The topological polar surface area (TPSA) is 104 Å². The molecular weight excluding hydrogens is 504 g/mol. The first-order valence-electron chi connectivity index (χ1n) is 12.4. The second-order valence-corrected chi connectivity index (χ2v) is 12.1. The number of hydrogen-bond donors (Lipinski definition) is 3. The molecule has 1 aromatic carbocycles. The van der Waals surface area contributed by atoms with Gasteiger partial charge < -0.3 is 10.0 Å². The number of nitrogens with zero attached hydrogens (tertiary/aromatic N) is 5. The fraction of sp³-hybridized carbons (Fsp3) is 0.520. The molecule has 0 bridgehead atoms. The molecule has 1 amide bonds. The summed E-state index contributed by atoms with van der Waals surface area (Å²) in [5.74, 6) is -3.55. The molecule has 2 aliphatic heterocycles. The van der Waals surface area contributed by atoms with Crippen LogP contribution in [0, 0.1) is 12.8 Å². The number of aliphatic hydroxyl groups excluding tert-OH is 1. The SMILES string of the molecule is Cc1ccc(CN2CCN(C(=O)[C@H](C)O)CC2)cc1-c1ccc2c(n1)N(C)S(O)(O)N2CC1CC1(F)F. The molecule has 5 rings (SSSR count). The van der Waals surface area contributed by atoms with Gasteiger partial charge in [-0.25, -0.2) is 22.4 Å². The summed E-state index contributed by atoms with van der Waals surface area (Å²) in [6.07, 6.45) is -1.24. The van der Waals surface area contributed by atoms with E-state index in [1.807, 2.05) is 13.0 Å². The Bertz CT molecular complexity index is 1210. The third-order valence-electron chi connectivity index (χ3n) is 7.45. The lowest BCUT2D eigenvalue weighted by molar-refractivity contribution is -0.141. The molecule has 1 unspecified atom stereocenters. The average Bonchev–Trinajstić information content (AvgIpc) is 3.42. The van der Waals surface area contributed by atoms with Gasteiger partial charge in [0.25, 0.3) is 11.8 Å². The molecule has 2 fully saturated rings. The van der Waals surface area contributed by atoms with Crippen LogP contribution in [0.1, 0.15) is 24.5 Å². The van der Waals surface area contributed by atoms with Crippen LogP contribution in [0.4, 0.5) is 20.3 Å². The second-order valence-electron chi connectivity index (χ2n) is 10.2. The highest BCUT2D eigenvalue weighted by Crippen LogP contribution is 2.62. The number of hydrogen-bond acceptors (Lipinski definition) is 8. The van der Waals surface area contributed by atoms with Crippen LogP contribution in [0.5, 0.6) is 0 Å². The molecule has 3 heterocycles. The van der Waals surface area contributed by atoms with Gasteiger partial charge in [0.05, 0.1) is 5.69 Å². The highest BCUT2D eigenvalue weighted by molar-refractivity contribution is 8.26. The summed E-state index contributed by atoms with van der Waals surface area (Å²) in [5, 5.41) is 9.55. The average molecular weight is 538 g/mol. The Hall–Kier alpha value is -2.51. The fourth-order valence-electron chi connectivity index (χ4n) is 4.97. The zero-order chi connectivity index (χ0) is 26.7. The number of aromatic nitrogens is 1. The van der Waals surface area contributed by atoms with E-state index in [9.17, 15) is 27.8 Å². The first-order chi connectivity index (χ1) is 17.4. The molecule has 37 heavy (non-hydrogen) atoms. The van der Waals surface area contributed by atoms with Crippen LogP contribution in [0.3, 0.4) is 0 Å². The number of benzene rings is 1. The standard InChI is InChI=1S/C25H33F2N5O4S/c1-16-4-5-18(14-30-8-10-31(11-9-30)24(34)17(2)33)12-20(16)21-6-7-22-23(28-21)29(3)37(35,36)32(22)15-19-13-25(19,26)27/h4-7,12,17,19,33,35-36H,8-11,13-15H2,1-3H3/t17-,19?/m0/s1. The third kappa shape index (κ3) is 4.88. The van der Waals surface area contributed by atoms with Crippen LogP contribution in [-0.4, -0.2) is 86.7 Å². The van der Waals surface area contributed by atoms with Gasteiger partial charge in [-0.2, -0.15) is 0 Å². The van der Waals surface area contributed by atoms with Crippen LogP contribution in [0.2, 0.25) is 0 Å². The predicted octanol–water partition coefficient (Wildman–Crippen LogP) is 3.57. The zero-order valence-electron chi connectivity index (χ0n) is 21.1. The zero-order valence-corrected chi connectivity index (χ0v) is 22.0. The lowest BCUT2D eigenvalue weighted by Crippen LogP contribution is -2.50. The number of fused-ring (bicyclic) bond motifs is 1. The Labute approximate surface area is 216 Å². The van der Waals surface area contributed by atoms with Crippen molar-refractivity contribution in [1.29, 1.82) is 0 Å². The van der Waals surface area contributed by atoms with E-state index >= 15 is 0 Å². The van der Waals surface area contributed by atoms with Crippen LogP contribution in [0.15, 0.2) is 30.3 Å². The van der Waals surface area contributed by atoms with Gasteiger partial charge in [0.2, 0.25) is 0 Å². The minimum absolute atomic E-state index is 0.141. The molecule has 3 aliphatic rings. The van der Waals surface area contributed by atoms with Crippen molar-refractivity contribution < 1.29 is 27.8 Å². The van der Waals surface area contributed by atoms with Crippen molar-refractivity contribution in [3.63, 3.8) is 0 Å². The van der Waals surface area contributed by atoms with Crippen LogP contribution < -0.4 is 8.61 Å². The maximum atomic E-state index is 13.6. The van der Waals surface area contributed by atoms with Gasteiger partial charge in [-0.15, -0.1) is 0 Å². The van der Waals surface area contributed by atoms with Gasteiger partial charge in [0.15, 0.2) is 5.82 Å².